The summed E-state index contributed by atoms with van der Waals surface area (Å²) in [6.45, 7) is 1.70. The Morgan fingerprint density at radius 1 is 1.12 bits per heavy atom. The number of ether oxygens (including phenoxy) is 1. The quantitative estimate of drug-likeness (QED) is 0.317. The average Bonchev–Trinajstić information content (AvgIpc) is 2.80. The number of halogens is 2. The fraction of sp³-hybridized carbons (Fsp3) is 0.174. The highest BCUT2D eigenvalue weighted by Gasteiger charge is 2.29. The first kappa shape index (κ1) is 25.4. The molecule has 0 heterocycles. The molecule has 1 amide bonds. The van der Waals surface area contributed by atoms with Gasteiger partial charge in [0, 0.05) is 15.1 Å². The zero-order chi connectivity index (χ0) is 24.0. The fourth-order valence-corrected chi connectivity index (χ4v) is 5.29. The number of carbonyl (C=O) groups excluding carboxylic acids is 1. The van der Waals surface area contributed by atoms with Crippen LogP contribution >= 0.6 is 39.3 Å². The van der Waals surface area contributed by atoms with Gasteiger partial charge in [0.1, 0.15) is 12.3 Å². The van der Waals surface area contributed by atoms with Crippen molar-refractivity contribution in [3.8, 4) is 5.75 Å². The predicted octanol–water partition coefficient (Wildman–Crippen LogP) is 6.06. The van der Waals surface area contributed by atoms with Crippen molar-refractivity contribution in [3.05, 3.63) is 76.2 Å². The lowest BCUT2D eigenvalue weighted by atomic mass is 10.3. The number of hydrogen-bond acceptors (Lipinski definition) is 5. The molecule has 10 heteroatoms. The monoisotopic (exact) mass is 568 g/mol. The molecule has 3 rings (SSSR count). The van der Waals surface area contributed by atoms with Gasteiger partial charge < -0.3 is 10.1 Å². The van der Waals surface area contributed by atoms with Gasteiger partial charge in [0.2, 0.25) is 5.91 Å². The molecule has 0 fully saturated rings. The minimum Gasteiger partial charge on any atom is -0.492 e. The molecule has 0 spiro atoms. The van der Waals surface area contributed by atoms with E-state index >= 15 is 0 Å². The van der Waals surface area contributed by atoms with Crippen molar-refractivity contribution in [1.82, 2.24) is 0 Å². The molecular weight excluding hydrogens is 548 g/mol. The minimum absolute atomic E-state index is 0.0751. The van der Waals surface area contributed by atoms with Crippen LogP contribution in [0.1, 0.15) is 6.92 Å². The van der Waals surface area contributed by atoms with Gasteiger partial charge in [-0.3, -0.25) is 9.10 Å². The number of anilines is 2. The number of nitrogens with zero attached hydrogens (tertiary/aromatic N) is 1. The number of sulfonamides is 1. The largest absolute Gasteiger partial charge is 0.492 e. The van der Waals surface area contributed by atoms with Crippen LogP contribution in [0.4, 0.5) is 11.4 Å². The first-order valence-corrected chi connectivity index (χ1v) is 13.7. The summed E-state index contributed by atoms with van der Waals surface area (Å²) in [5.41, 5.74) is 0.727. The Balaban J connectivity index is 1.99. The van der Waals surface area contributed by atoms with Crippen LogP contribution in [0.3, 0.4) is 0 Å². The Hall–Kier alpha value is -2.20. The van der Waals surface area contributed by atoms with E-state index in [0.29, 0.717) is 27.5 Å². The van der Waals surface area contributed by atoms with E-state index in [9.17, 15) is 13.2 Å². The van der Waals surface area contributed by atoms with Crippen LogP contribution in [-0.4, -0.2) is 33.7 Å². The number of carbonyl (C=O) groups is 1. The lowest BCUT2D eigenvalue weighted by Gasteiger charge is -2.26. The molecule has 0 aliphatic heterocycles. The summed E-state index contributed by atoms with van der Waals surface area (Å²) < 4.78 is 34.7. The molecule has 0 radical (unpaired) electrons. The SMILES string of the molecule is CCOc1ccccc1N(CC(=O)Nc1ccc(Br)c(Cl)c1)S(=O)(=O)c1ccc(SC)cc1. The van der Waals surface area contributed by atoms with Gasteiger partial charge in [-0.1, -0.05) is 23.7 Å². The van der Waals surface area contributed by atoms with Gasteiger partial charge in [0.15, 0.2) is 0 Å². The molecule has 1 N–H and O–H groups in total. The van der Waals surface area contributed by atoms with E-state index in [0.717, 1.165) is 9.20 Å². The number of amides is 1. The predicted molar refractivity (Wildman–Crippen MR) is 138 cm³/mol. The van der Waals surface area contributed by atoms with E-state index in [4.69, 9.17) is 16.3 Å². The van der Waals surface area contributed by atoms with Crippen molar-refractivity contribution in [1.29, 1.82) is 0 Å². The molecule has 0 saturated heterocycles. The Bertz CT molecular complexity index is 1240. The summed E-state index contributed by atoms with van der Waals surface area (Å²) in [6, 6.07) is 18.2. The van der Waals surface area contributed by atoms with E-state index in [2.05, 4.69) is 21.2 Å². The summed E-state index contributed by atoms with van der Waals surface area (Å²) in [6.07, 6.45) is 1.91. The average molecular weight is 570 g/mol. The summed E-state index contributed by atoms with van der Waals surface area (Å²) >= 11 is 10.9. The van der Waals surface area contributed by atoms with Gasteiger partial charge in [0.05, 0.1) is 22.2 Å². The van der Waals surface area contributed by atoms with Crippen molar-refractivity contribution in [2.24, 2.45) is 0 Å². The molecule has 0 aromatic heterocycles. The molecular formula is C23H22BrClN2O4S2. The third-order valence-electron chi connectivity index (χ3n) is 4.57. The van der Waals surface area contributed by atoms with Crippen LogP contribution in [0, 0.1) is 0 Å². The maximum absolute atomic E-state index is 13.6. The molecule has 3 aromatic rings. The van der Waals surface area contributed by atoms with Gasteiger partial charge in [-0.05, 0) is 83.7 Å². The van der Waals surface area contributed by atoms with Crippen molar-refractivity contribution < 1.29 is 17.9 Å². The van der Waals surface area contributed by atoms with Gasteiger partial charge in [0.25, 0.3) is 10.0 Å². The van der Waals surface area contributed by atoms with Gasteiger partial charge in [-0.2, -0.15) is 0 Å². The number of benzene rings is 3. The summed E-state index contributed by atoms with van der Waals surface area (Å²) in [5, 5.41) is 3.13. The Morgan fingerprint density at radius 3 is 2.45 bits per heavy atom. The molecule has 3 aromatic carbocycles. The minimum atomic E-state index is -4.07. The van der Waals surface area contributed by atoms with Gasteiger partial charge >= 0.3 is 0 Å². The third kappa shape index (κ3) is 6.23. The Labute approximate surface area is 211 Å². The standard InChI is InChI=1S/C23H22BrClN2O4S2/c1-3-31-22-7-5-4-6-21(22)27(33(29,30)18-11-9-17(32-2)10-12-18)15-23(28)26-16-8-13-19(24)20(25)14-16/h4-14H,3,15H2,1-2H3,(H,26,28). The molecule has 33 heavy (non-hydrogen) atoms. The van der Waals surface area contributed by atoms with Crippen molar-refractivity contribution in [2.45, 2.75) is 16.7 Å². The first-order chi connectivity index (χ1) is 15.8. The third-order valence-corrected chi connectivity index (χ3v) is 8.32. The normalized spacial score (nSPS) is 11.2. The second kappa shape index (κ2) is 11.3. The maximum atomic E-state index is 13.6. The second-order valence-corrected chi connectivity index (χ2v) is 10.8. The fourth-order valence-electron chi connectivity index (χ4n) is 3.02. The molecule has 6 nitrogen and oxygen atoms in total. The number of hydrogen-bond donors (Lipinski definition) is 1. The number of rotatable bonds is 9. The van der Waals surface area contributed by atoms with Crippen LogP contribution in [0.5, 0.6) is 5.75 Å². The first-order valence-electron chi connectivity index (χ1n) is 9.89. The topological polar surface area (TPSA) is 75.7 Å². The molecule has 174 valence electrons. The number of thioether (sulfide) groups is 1. The van der Waals surface area contributed by atoms with E-state index in [1.54, 1.807) is 61.5 Å². The van der Waals surface area contributed by atoms with Crippen LogP contribution in [-0.2, 0) is 14.8 Å². The molecule has 0 aliphatic rings. The van der Waals surface area contributed by atoms with Crippen LogP contribution in [0.15, 0.2) is 81.0 Å². The zero-order valence-electron chi connectivity index (χ0n) is 17.9. The maximum Gasteiger partial charge on any atom is 0.264 e. The summed E-state index contributed by atoms with van der Waals surface area (Å²) in [5.74, 6) is -0.159. The molecule has 0 unspecified atom stereocenters. The lowest BCUT2D eigenvalue weighted by Crippen LogP contribution is -2.38. The van der Waals surface area contributed by atoms with Crippen molar-refractivity contribution in [2.75, 3.05) is 29.0 Å². The second-order valence-electron chi connectivity index (χ2n) is 6.77. The van der Waals surface area contributed by atoms with E-state index < -0.39 is 22.5 Å². The zero-order valence-corrected chi connectivity index (χ0v) is 21.9. The van der Waals surface area contributed by atoms with E-state index in [-0.39, 0.29) is 10.6 Å². The molecule has 0 atom stereocenters. The number of nitrogens with one attached hydrogen (secondary N) is 1. The molecule has 0 bridgehead atoms. The van der Waals surface area contributed by atoms with Crippen LogP contribution < -0.4 is 14.4 Å². The molecule has 0 saturated carbocycles. The highest BCUT2D eigenvalue weighted by Crippen LogP contribution is 2.33. The van der Waals surface area contributed by atoms with E-state index in [1.165, 1.54) is 23.9 Å². The Morgan fingerprint density at radius 2 is 1.82 bits per heavy atom. The van der Waals surface area contributed by atoms with Crippen LogP contribution in [0.2, 0.25) is 5.02 Å². The smallest absolute Gasteiger partial charge is 0.264 e. The highest BCUT2D eigenvalue weighted by atomic mass is 79.9. The Kier molecular flexibility index (Phi) is 8.69. The lowest BCUT2D eigenvalue weighted by molar-refractivity contribution is -0.114. The van der Waals surface area contributed by atoms with Gasteiger partial charge in [-0.15, -0.1) is 11.8 Å². The van der Waals surface area contributed by atoms with Crippen LogP contribution in [0.25, 0.3) is 0 Å². The van der Waals surface area contributed by atoms with Crippen molar-refractivity contribution in [3.63, 3.8) is 0 Å². The van der Waals surface area contributed by atoms with Crippen molar-refractivity contribution >= 4 is 66.6 Å². The molecule has 0 aliphatic carbocycles. The summed E-state index contributed by atoms with van der Waals surface area (Å²) in [7, 11) is -4.07. The highest BCUT2D eigenvalue weighted by molar-refractivity contribution is 9.10. The van der Waals surface area contributed by atoms with E-state index in [1.807, 2.05) is 6.26 Å². The van der Waals surface area contributed by atoms with Gasteiger partial charge in [-0.25, -0.2) is 8.42 Å². The summed E-state index contributed by atoms with van der Waals surface area (Å²) in [4.78, 5) is 13.9. The number of para-hydroxylation sites is 2.